The van der Waals surface area contributed by atoms with E-state index in [9.17, 15) is 13.6 Å². The SMILES string of the molecule is Cn1cc2cc(-c3cnc4ccc(C(=O)N5CCC(F)(F)CC5)cc4n3)ncc2n1. The van der Waals surface area contributed by atoms with Crippen molar-refractivity contribution >= 4 is 27.8 Å². The first-order chi connectivity index (χ1) is 14.4. The molecular weight excluding hydrogens is 390 g/mol. The highest BCUT2D eigenvalue weighted by Crippen LogP contribution is 2.29. The minimum absolute atomic E-state index is 0.0463. The van der Waals surface area contributed by atoms with E-state index >= 15 is 0 Å². The van der Waals surface area contributed by atoms with Crippen LogP contribution in [0.25, 0.3) is 33.3 Å². The van der Waals surface area contributed by atoms with E-state index < -0.39 is 5.92 Å². The Kier molecular flexibility index (Phi) is 4.19. The van der Waals surface area contributed by atoms with E-state index in [1.807, 2.05) is 19.3 Å². The van der Waals surface area contributed by atoms with Gasteiger partial charge in [-0.05, 0) is 24.3 Å². The molecule has 30 heavy (non-hydrogen) atoms. The minimum Gasteiger partial charge on any atom is -0.338 e. The molecule has 0 aliphatic carbocycles. The number of alkyl halides is 2. The summed E-state index contributed by atoms with van der Waals surface area (Å²) in [6, 6.07) is 6.92. The molecule has 9 heteroatoms. The molecule has 0 N–H and O–H groups in total. The van der Waals surface area contributed by atoms with Gasteiger partial charge in [0.1, 0.15) is 11.2 Å². The third kappa shape index (κ3) is 3.36. The number of likely N-dealkylation sites (tertiary alicyclic amines) is 1. The predicted octanol–water partition coefficient (Wildman–Crippen LogP) is 3.45. The molecule has 1 aliphatic heterocycles. The molecule has 1 fully saturated rings. The quantitative estimate of drug-likeness (QED) is 0.508. The highest BCUT2D eigenvalue weighted by atomic mass is 19.3. The van der Waals surface area contributed by atoms with Crippen molar-refractivity contribution < 1.29 is 13.6 Å². The van der Waals surface area contributed by atoms with E-state index in [0.29, 0.717) is 28.0 Å². The van der Waals surface area contributed by atoms with Crippen molar-refractivity contribution in [1.82, 2.24) is 29.6 Å². The molecule has 1 amide bonds. The summed E-state index contributed by atoms with van der Waals surface area (Å²) in [5, 5.41) is 5.25. The van der Waals surface area contributed by atoms with E-state index in [1.54, 1.807) is 35.3 Å². The number of halogens is 2. The van der Waals surface area contributed by atoms with Crippen LogP contribution >= 0.6 is 0 Å². The lowest BCUT2D eigenvalue weighted by Gasteiger charge is -2.31. The number of aromatic nitrogens is 5. The van der Waals surface area contributed by atoms with Gasteiger partial charge in [-0.25, -0.2) is 13.8 Å². The van der Waals surface area contributed by atoms with Gasteiger partial charge in [0.05, 0.1) is 29.1 Å². The van der Waals surface area contributed by atoms with Crippen LogP contribution in [-0.4, -0.2) is 54.6 Å². The lowest BCUT2D eigenvalue weighted by atomic mass is 10.1. The molecule has 0 spiro atoms. The molecule has 7 nitrogen and oxygen atoms in total. The van der Waals surface area contributed by atoms with Gasteiger partial charge in [0.25, 0.3) is 11.8 Å². The van der Waals surface area contributed by atoms with Gasteiger partial charge >= 0.3 is 0 Å². The summed E-state index contributed by atoms with van der Waals surface area (Å²) < 4.78 is 28.5. The van der Waals surface area contributed by atoms with Crippen LogP contribution in [0.1, 0.15) is 23.2 Å². The number of pyridine rings is 1. The number of hydrogen-bond donors (Lipinski definition) is 0. The molecule has 5 rings (SSSR count). The second-order valence-electron chi connectivity index (χ2n) is 7.54. The highest BCUT2D eigenvalue weighted by molar-refractivity contribution is 5.97. The van der Waals surface area contributed by atoms with Crippen LogP contribution in [0.5, 0.6) is 0 Å². The monoisotopic (exact) mass is 408 g/mol. The van der Waals surface area contributed by atoms with Crippen LogP contribution in [0.4, 0.5) is 8.78 Å². The van der Waals surface area contributed by atoms with Gasteiger partial charge in [0.15, 0.2) is 0 Å². The molecule has 1 saturated heterocycles. The molecule has 0 bridgehead atoms. The first kappa shape index (κ1) is 18.5. The molecule has 0 atom stereocenters. The second kappa shape index (κ2) is 6.79. The molecule has 3 aromatic heterocycles. The van der Waals surface area contributed by atoms with Crippen LogP contribution in [0.3, 0.4) is 0 Å². The Balaban J connectivity index is 1.47. The fraction of sp³-hybridized carbons (Fsp3) is 0.286. The third-order valence-electron chi connectivity index (χ3n) is 5.34. The molecule has 0 unspecified atom stereocenters. The minimum atomic E-state index is -2.69. The van der Waals surface area contributed by atoms with Crippen molar-refractivity contribution in [3.8, 4) is 11.4 Å². The lowest BCUT2D eigenvalue weighted by molar-refractivity contribution is -0.0494. The van der Waals surface area contributed by atoms with Crippen molar-refractivity contribution in [1.29, 1.82) is 0 Å². The molecule has 152 valence electrons. The third-order valence-corrected chi connectivity index (χ3v) is 5.34. The fourth-order valence-corrected chi connectivity index (χ4v) is 3.68. The van der Waals surface area contributed by atoms with Crippen molar-refractivity contribution in [2.24, 2.45) is 7.05 Å². The number of benzene rings is 1. The number of piperidine rings is 1. The first-order valence-electron chi connectivity index (χ1n) is 9.62. The predicted molar refractivity (Wildman–Crippen MR) is 107 cm³/mol. The van der Waals surface area contributed by atoms with Crippen LogP contribution in [0.2, 0.25) is 0 Å². The Hall–Kier alpha value is -3.49. The van der Waals surface area contributed by atoms with Crippen LogP contribution < -0.4 is 0 Å². The van der Waals surface area contributed by atoms with Gasteiger partial charge in [-0.3, -0.25) is 19.4 Å². The summed E-state index contributed by atoms with van der Waals surface area (Å²) in [7, 11) is 1.84. The molecule has 0 radical (unpaired) electrons. The summed E-state index contributed by atoms with van der Waals surface area (Å²) in [5.74, 6) is -2.96. The van der Waals surface area contributed by atoms with Crippen molar-refractivity contribution in [2.45, 2.75) is 18.8 Å². The van der Waals surface area contributed by atoms with Crippen molar-refractivity contribution in [3.05, 3.63) is 48.4 Å². The largest absolute Gasteiger partial charge is 0.338 e. The van der Waals surface area contributed by atoms with Crippen LogP contribution in [0.15, 0.2) is 42.9 Å². The first-order valence-corrected chi connectivity index (χ1v) is 9.62. The highest BCUT2D eigenvalue weighted by Gasteiger charge is 2.35. The van der Waals surface area contributed by atoms with E-state index in [4.69, 9.17) is 0 Å². The normalized spacial score (nSPS) is 16.3. The van der Waals surface area contributed by atoms with E-state index in [1.165, 1.54) is 4.90 Å². The number of nitrogens with zero attached hydrogens (tertiary/aromatic N) is 6. The number of hydrogen-bond acceptors (Lipinski definition) is 5. The maximum atomic E-state index is 13.4. The summed E-state index contributed by atoms with van der Waals surface area (Å²) in [4.78, 5) is 27.7. The van der Waals surface area contributed by atoms with Crippen LogP contribution in [0, 0.1) is 0 Å². The number of rotatable bonds is 2. The zero-order valence-electron chi connectivity index (χ0n) is 16.2. The van der Waals surface area contributed by atoms with E-state index in [2.05, 4.69) is 20.1 Å². The number of carbonyl (C=O) groups excluding carboxylic acids is 1. The van der Waals surface area contributed by atoms with Gasteiger partial charge in [-0.2, -0.15) is 5.10 Å². The van der Waals surface area contributed by atoms with Crippen molar-refractivity contribution in [2.75, 3.05) is 13.1 Å². The zero-order valence-corrected chi connectivity index (χ0v) is 16.2. The molecule has 4 heterocycles. The maximum Gasteiger partial charge on any atom is 0.253 e. The van der Waals surface area contributed by atoms with E-state index in [0.717, 1.165) is 10.9 Å². The summed E-state index contributed by atoms with van der Waals surface area (Å²) in [6.45, 7) is 0.0925. The Morgan fingerprint density at radius 2 is 1.80 bits per heavy atom. The number of fused-ring (bicyclic) bond motifs is 2. The fourth-order valence-electron chi connectivity index (χ4n) is 3.68. The average molecular weight is 408 g/mol. The molecule has 0 saturated carbocycles. The second-order valence-corrected chi connectivity index (χ2v) is 7.54. The Bertz CT molecular complexity index is 1280. The molecule has 1 aromatic carbocycles. The number of carbonyl (C=O) groups is 1. The molecule has 4 aromatic rings. The molecular formula is C21H18F2N6O. The Morgan fingerprint density at radius 3 is 2.60 bits per heavy atom. The smallest absolute Gasteiger partial charge is 0.253 e. The van der Waals surface area contributed by atoms with Crippen molar-refractivity contribution in [3.63, 3.8) is 0 Å². The number of amides is 1. The van der Waals surface area contributed by atoms with Gasteiger partial charge in [-0.15, -0.1) is 0 Å². The van der Waals surface area contributed by atoms with Gasteiger partial charge in [-0.1, -0.05) is 0 Å². The standard InChI is InChI=1S/C21H18F2N6O/c1-28-12-14-9-16(25-10-18(14)27-28)19-11-24-15-3-2-13(8-17(15)26-19)20(30)29-6-4-21(22,23)5-7-29/h2-3,8-12H,4-7H2,1H3. The summed E-state index contributed by atoms with van der Waals surface area (Å²) >= 11 is 0. The Morgan fingerprint density at radius 1 is 1.00 bits per heavy atom. The lowest BCUT2D eigenvalue weighted by Crippen LogP contribution is -2.42. The summed E-state index contributed by atoms with van der Waals surface area (Å²) in [5.41, 5.74) is 3.62. The maximum absolute atomic E-state index is 13.4. The van der Waals surface area contributed by atoms with Crippen LogP contribution in [-0.2, 0) is 7.05 Å². The van der Waals surface area contributed by atoms with Gasteiger partial charge < -0.3 is 4.90 Å². The average Bonchev–Trinajstić information content (AvgIpc) is 3.11. The Labute approximate surface area is 170 Å². The summed E-state index contributed by atoms with van der Waals surface area (Å²) in [6.07, 6.45) is 4.61. The molecule has 1 aliphatic rings. The zero-order chi connectivity index (χ0) is 20.9. The van der Waals surface area contributed by atoms with E-state index in [-0.39, 0.29) is 31.8 Å². The topological polar surface area (TPSA) is 76.8 Å². The number of aryl methyl sites for hydroxylation is 1. The van der Waals surface area contributed by atoms with Gasteiger partial charge in [0, 0.05) is 50.1 Å². The van der Waals surface area contributed by atoms with Gasteiger partial charge in [0.2, 0.25) is 0 Å².